The molecule has 0 bridgehead atoms. The number of methoxy groups -OCH3 is 1. The zero-order chi connectivity index (χ0) is 43.2. The summed E-state index contributed by atoms with van der Waals surface area (Å²) in [5, 5.41) is 11.4. The number of allylic oxidation sites excluding steroid dienone is 9. The highest BCUT2D eigenvalue weighted by molar-refractivity contribution is 6.99. The van der Waals surface area contributed by atoms with Crippen molar-refractivity contribution in [1.29, 1.82) is 0 Å². The molecule has 2 aromatic rings. The summed E-state index contributed by atoms with van der Waals surface area (Å²) in [4.78, 5) is 36.8. The third kappa shape index (κ3) is 17.8. The van der Waals surface area contributed by atoms with Crippen LogP contribution in [0, 0.1) is 5.92 Å². The van der Waals surface area contributed by atoms with E-state index in [0.29, 0.717) is 17.6 Å². The molecule has 0 aliphatic heterocycles. The van der Waals surface area contributed by atoms with E-state index in [2.05, 4.69) is 69.3 Å². The van der Waals surface area contributed by atoms with Crippen LogP contribution in [-0.2, 0) is 33.0 Å². The first kappa shape index (κ1) is 49.3. The molecular formula is C49H66O8Si. The number of ether oxygens (including phenoxy) is 3. The molecule has 0 saturated carbocycles. The van der Waals surface area contributed by atoms with Crippen LogP contribution in [0.3, 0.4) is 0 Å². The Morgan fingerprint density at radius 2 is 1.38 bits per heavy atom. The maximum Gasteiger partial charge on any atom is 0.334 e. The van der Waals surface area contributed by atoms with E-state index in [1.807, 2.05) is 95.3 Å². The highest BCUT2D eigenvalue weighted by Gasteiger charge is 2.50. The molecule has 0 aliphatic carbocycles. The second-order valence-electron chi connectivity index (χ2n) is 16.4. The number of carbonyl (C=O) groups excluding carboxylic acids is 2. The molecule has 0 heterocycles. The van der Waals surface area contributed by atoms with Crippen LogP contribution in [0.15, 0.2) is 144 Å². The van der Waals surface area contributed by atoms with Gasteiger partial charge in [0.25, 0.3) is 8.32 Å². The number of carbonyl (C=O) groups is 3. The predicted octanol–water partition coefficient (Wildman–Crippen LogP) is 10.1. The van der Waals surface area contributed by atoms with Crippen molar-refractivity contribution in [1.82, 2.24) is 0 Å². The standard InChI is InChI=1S/C49H66O8Si/c1-38(25-19-15-13-11-12-14-16-24-30-44(54-10)39(2)32-33-40(3)47(53)57-48(4,5)6)31-34-41(35-45(50)51)36-46(52)55-37-56-58(49(7,8)9,42-26-20-17-21-27-42)43-28-22-18-23-29-43/h12,14-24,26-29,31-34,36,38,44H,11,13,25,30,35,37H2,1-10H3,(H,50,51)/b14-12+,19-15+,24-16-,34-31+,39-32-,40-33+,41-36+/t38-,44+/m0/s1. The molecule has 2 atom stereocenters. The third-order valence-corrected chi connectivity index (χ3v) is 14.2. The molecule has 0 unspecified atom stereocenters. The van der Waals surface area contributed by atoms with Gasteiger partial charge in [0.05, 0.1) is 12.5 Å². The topological polar surface area (TPSA) is 108 Å². The Labute approximate surface area is 348 Å². The van der Waals surface area contributed by atoms with Gasteiger partial charge >= 0.3 is 17.9 Å². The molecule has 2 rings (SSSR count). The average Bonchev–Trinajstić information content (AvgIpc) is 3.16. The first-order valence-corrected chi connectivity index (χ1v) is 21.9. The van der Waals surface area contributed by atoms with Crippen molar-refractivity contribution >= 4 is 36.6 Å². The molecule has 0 aliphatic rings. The van der Waals surface area contributed by atoms with Crippen LogP contribution in [-0.4, -0.2) is 56.9 Å². The van der Waals surface area contributed by atoms with E-state index in [0.717, 1.165) is 35.2 Å². The lowest BCUT2D eigenvalue weighted by atomic mass is 10.0. The molecule has 58 heavy (non-hydrogen) atoms. The van der Waals surface area contributed by atoms with Crippen molar-refractivity contribution in [3.8, 4) is 0 Å². The molecular weight excluding hydrogens is 745 g/mol. The third-order valence-electron chi connectivity index (χ3n) is 9.21. The summed E-state index contributed by atoms with van der Waals surface area (Å²) in [5.74, 6) is -1.89. The van der Waals surface area contributed by atoms with Crippen molar-refractivity contribution in [2.45, 2.75) is 111 Å². The number of unbranched alkanes of at least 4 members (excludes halogenated alkanes) is 1. The molecule has 0 fully saturated rings. The summed E-state index contributed by atoms with van der Waals surface area (Å²) < 4.78 is 23.3. The van der Waals surface area contributed by atoms with Gasteiger partial charge in [-0.15, -0.1) is 0 Å². The highest BCUT2D eigenvalue weighted by atomic mass is 28.4. The largest absolute Gasteiger partial charge is 0.481 e. The summed E-state index contributed by atoms with van der Waals surface area (Å²) in [6.07, 6.45) is 23.8. The zero-order valence-electron chi connectivity index (χ0n) is 36.3. The monoisotopic (exact) mass is 810 g/mol. The minimum absolute atomic E-state index is 0.100. The van der Waals surface area contributed by atoms with Gasteiger partial charge in [-0.25, -0.2) is 9.59 Å². The number of carboxylic acid groups (broad SMARTS) is 1. The summed E-state index contributed by atoms with van der Waals surface area (Å²) in [6.45, 7) is 17.5. The predicted molar refractivity (Wildman–Crippen MR) is 238 cm³/mol. The highest BCUT2D eigenvalue weighted by Crippen LogP contribution is 2.36. The van der Waals surface area contributed by atoms with Gasteiger partial charge in [0.15, 0.2) is 6.79 Å². The summed E-state index contributed by atoms with van der Waals surface area (Å²) in [7, 11) is -1.22. The summed E-state index contributed by atoms with van der Waals surface area (Å²) in [6, 6.07) is 20.2. The smallest absolute Gasteiger partial charge is 0.334 e. The first-order valence-electron chi connectivity index (χ1n) is 20.0. The molecule has 8 nitrogen and oxygen atoms in total. The van der Waals surface area contributed by atoms with Gasteiger partial charge in [0.2, 0.25) is 0 Å². The Balaban J connectivity index is 1.90. The molecule has 2 aromatic carbocycles. The summed E-state index contributed by atoms with van der Waals surface area (Å²) in [5.41, 5.74) is 1.37. The van der Waals surface area contributed by atoms with Crippen molar-refractivity contribution in [3.63, 3.8) is 0 Å². The lowest BCUT2D eigenvalue weighted by Crippen LogP contribution is -2.66. The zero-order valence-corrected chi connectivity index (χ0v) is 37.3. The fourth-order valence-electron chi connectivity index (χ4n) is 6.16. The number of carboxylic acids is 1. The van der Waals surface area contributed by atoms with Crippen molar-refractivity contribution < 1.29 is 38.1 Å². The summed E-state index contributed by atoms with van der Waals surface area (Å²) >= 11 is 0. The second kappa shape index (κ2) is 24.8. The molecule has 0 radical (unpaired) electrons. The van der Waals surface area contributed by atoms with Crippen LogP contribution < -0.4 is 10.4 Å². The Morgan fingerprint density at radius 3 is 1.93 bits per heavy atom. The van der Waals surface area contributed by atoms with Crippen LogP contribution in [0.4, 0.5) is 0 Å². The van der Waals surface area contributed by atoms with Crippen molar-refractivity contribution in [2.24, 2.45) is 5.92 Å². The van der Waals surface area contributed by atoms with Gasteiger partial charge in [-0.1, -0.05) is 149 Å². The van der Waals surface area contributed by atoms with Crippen LogP contribution >= 0.6 is 0 Å². The van der Waals surface area contributed by atoms with Crippen molar-refractivity contribution in [3.05, 3.63) is 144 Å². The molecule has 9 heteroatoms. The minimum atomic E-state index is -2.90. The van der Waals surface area contributed by atoms with Gasteiger partial charge in [0, 0.05) is 18.8 Å². The van der Waals surface area contributed by atoms with Gasteiger partial charge in [0.1, 0.15) is 5.60 Å². The molecule has 0 saturated heterocycles. The Kier molecular flexibility index (Phi) is 21.1. The molecule has 0 amide bonds. The van der Waals surface area contributed by atoms with E-state index in [1.54, 1.807) is 26.2 Å². The number of hydrogen-bond donors (Lipinski definition) is 1. The fourth-order valence-corrected chi connectivity index (χ4v) is 10.6. The molecule has 1 N–H and O–H groups in total. The van der Waals surface area contributed by atoms with E-state index in [-0.39, 0.29) is 36.2 Å². The number of benzene rings is 2. The van der Waals surface area contributed by atoms with Crippen molar-refractivity contribution in [2.75, 3.05) is 13.9 Å². The Morgan fingerprint density at radius 1 is 0.793 bits per heavy atom. The Hall–Kier alpha value is -4.83. The minimum Gasteiger partial charge on any atom is -0.481 e. The molecule has 0 aromatic heterocycles. The number of aliphatic carboxylic acids is 1. The quantitative estimate of drug-likeness (QED) is 0.0238. The number of rotatable bonds is 22. The van der Waals surface area contributed by atoms with E-state index in [4.69, 9.17) is 18.6 Å². The molecule has 314 valence electrons. The number of esters is 2. The van der Waals surface area contributed by atoms with E-state index in [9.17, 15) is 19.5 Å². The normalized spacial score (nSPS) is 14.8. The molecule has 0 spiro atoms. The fraction of sp³-hybridized carbons (Fsp3) is 0.408. The lowest BCUT2D eigenvalue weighted by Gasteiger charge is -2.42. The van der Waals surface area contributed by atoms with Gasteiger partial charge in [-0.2, -0.15) is 0 Å². The SMILES string of the molecule is CO[C@H](C/C=C\C=C\CC/C=C/C[C@H](C)/C=C/C(=C\C(=O)OCO[Si](c1ccccc1)(c1ccccc1)C(C)(C)C)CC(=O)O)/C(C)=C\C=C(/C)C(=O)OC(C)(C)C. The maximum absolute atomic E-state index is 13.0. The van der Waals surface area contributed by atoms with E-state index < -0.39 is 25.9 Å². The second-order valence-corrected chi connectivity index (χ2v) is 20.7. The van der Waals surface area contributed by atoms with E-state index in [1.165, 1.54) is 6.08 Å². The number of hydrogen-bond acceptors (Lipinski definition) is 7. The average molecular weight is 811 g/mol. The lowest BCUT2D eigenvalue weighted by molar-refractivity contribution is -0.150. The van der Waals surface area contributed by atoms with Crippen LogP contribution in [0.25, 0.3) is 0 Å². The Bertz CT molecular complexity index is 1760. The van der Waals surface area contributed by atoms with Crippen LogP contribution in [0.1, 0.15) is 94.4 Å². The van der Waals surface area contributed by atoms with Crippen LogP contribution in [0.5, 0.6) is 0 Å². The first-order chi connectivity index (χ1) is 27.4. The van der Waals surface area contributed by atoms with E-state index >= 15 is 0 Å². The van der Waals surface area contributed by atoms with Gasteiger partial charge in [-0.3, -0.25) is 4.79 Å². The van der Waals surface area contributed by atoms with Gasteiger partial charge in [-0.05, 0) is 92.8 Å². The van der Waals surface area contributed by atoms with Crippen LogP contribution in [0.2, 0.25) is 5.04 Å². The van der Waals surface area contributed by atoms with Gasteiger partial charge < -0.3 is 23.7 Å². The maximum atomic E-state index is 13.0.